The summed E-state index contributed by atoms with van der Waals surface area (Å²) in [5.41, 5.74) is -2.34. The van der Waals surface area contributed by atoms with Crippen LogP contribution in [0.15, 0.2) is 52.5 Å². The maximum absolute atomic E-state index is 14.0. The fourth-order valence-electron chi connectivity index (χ4n) is 7.28. The van der Waals surface area contributed by atoms with Gasteiger partial charge in [0.25, 0.3) is 5.91 Å². The quantitative estimate of drug-likeness (QED) is 0.130. The maximum Gasteiger partial charge on any atom is 0.313 e. The largest absolute Gasteiger partial charge is 0.505 e. The van der Waals surface area contributed by atoms with Gasteiger partial charge in [-0.15, -0.1) is 0 Å². The molecule has 300 valence electrons. The normalized spacial score (nSPS) is 33.3. The number of phenolic OH excluding ortho intramolecular Hbond substituents is 1. The standard InChI is InChI=1S/C40H51NO14/c1-16-12-11-13-17(2)38(49)41-28-19(4)36(55-23(8)42)24-25(33(28)47)31(45)21(6)35-26(24)34(53-15-54-35)18(3)14-40(9,51)37(48)22(7)32(46)27(39(50)52-10)30(44)20(5)29(16)43/h11-14,16,20,22,27,29-30,32,37,43-44,46-48,51H,15H2,1-10H3,(H,41,49)/b12-11-,17-13+,18-14+/t16-,20-,22-,27-,29-,30-,32-,37-,40+/m1/s1. The fraction of sp³-hybridized carbons (Fsp3) is 0.500. The van der Waals surface area contributed by atoms with Gasteiger partial charge < -0.3 is 54.9 Å². The van der Waals surface area contributed by atoms with E-state index in [1.165, 1.54) is 66.7 Å². The number of Topliss-reactive ketones (excluding diaryl/α,β-unsaturated/α-hetero) is 1. The molecule has 0 saturated heterocycles. The molecule has 0 spiro atoms. The number of nitrogens with one attached hydrogen (secondary N) is 1. The maximum atomic E-state index is 14.0. The average Bonchev–Trinajstić information content (AvgIpc) is 3.13. The number of hydrogen-bond donors (Lipinski definition) is 7. The number of phenols is 1. The molecule has 0 aromatic heterocycles. The van der Waals surface area contributed by atoms with E-state index in [0.717, 1.165) is 14.0 Å². The number of allylic oxidation sites excluding steroid dienone is 5. The molecule has 7 N–H and O–H groups in total. The van der Waals surface area contributed by atoms with E-state index >= 15 is 0 Å². The highest BCUT2D eigenvalue weighted by atomic mass is 16.7. The topological polar surface area (TPSA) is 239 Å². The summed E-state index contributed by atoms with van der Waals surface area (Å²) in [6.45, 7) is 12.3. The van der Waals surface area contributed by atoms with Gasteiger partial charge in [-0.25, -0.2) is 0 Å². The van der Waals surface area contributed by atoms with E-state index < -0.39 is 89.9 Å². The lowest BCUT2D eigenvalue weighted by Crippen LogP contribution is -2.53. The second kappa shape index (κ2) is 16.5. The number of hydrogen-bond acceptors (Lipinski definition) is 14. The molecule has 0 radical (unpaired) electrons. The number of rotatable bonds is 2. The van der Waals surface area contributed by atoms with E-state index in [-0.39, 0.29) is 61.9 Å². The molecule has 1 amide bonds. The van der Waals surface area contributed by atoms with Gasteiger partial charge in [-0.2, -0.15) is 0 Å². The highest BCUT2D eigenvalue weighted by molar-refractivity contribution is 6.21. The number of aliphatic hydroxyl groups is 5. The second-order valence-electron chi connectivity index (χ2n) is 14.7. The molecule has 5 rings (SSSR count). The lowest BCUT2D eigenvalue weighted by atomic mass is 9.75. The Morgan fingerprint density at radius 3 is 2.11 bits per heavy atom. The summed E-state index contributed by atoms with van der Waals surface area (Å²) in [6, 6.07) is 0. The molecule has 15 nitrogen and oxygen atoms in total. The van der Waals surface area contributed by atoms with Crippen LogP contribution in [0, 0.1) is 30.6 Å². The van der Waals surface area contributed by atoms with Crippen LogP contribution in [0.5, 0.6) is 11.5 Å². The number of carbonyl (C=O) groups excluding carboxylic acids is 4. The number of methoxy groups -OCH3 is 1. The second-order valence-corrected chi connectivity index (χ2v) is 14.7. The van der Waals surface area contributed by atoms with Gasteiger partial charge in [-0.05, 0) is 46.3 Å². The molecule has 3 aliphatic heterocycles. The zero-order valence-corrected chi connectivity index (χ0v) is 32.6. The van der Waals surface area contributed by atoms with Crippen LogP contribution in [0.1, 0.15) is 76.9 Å². The third-order valence-electron chi connectivity index (χ3n) is 10.6. The number of aromatic hydroxyl groups is 1. The van der Waals surface area contributed by atoms with Crippen molar-refractivity contribution >= 4 is 34.9 Å². The third-order valence-corrected chi connectivity index (χ3v) is 10.6. The molecule has 4 aliphatic rings. The van der Waals surface area contributed by atoms with E-state index in [0.29, 0.717) is 0 Å². The molecule has 55 heavy (non-hydrogen) atoms. The molecule has 0 fully saturated rings. The molecular weight excluding hydrogens is 718 g/mol. The van der Waals surface area contributed by atoms with Crippen LogP contribution in [0.2, 0.25) is 0 Å². The molecule has 3 heterocycles. The summed E-state index contributed by atoms with van der Waals surface area (Å²) < 4.78 is 22.3. The monoisotopic (exact) mass is 769 g/mol. The lowest BCUT2D eigenvalue weighted by Gasteiger charge is -2.39. The van der Waals surface area contributed by atoms with Crippen LogP contribution >= 0.6 is 0 Å². The van der Waals surface area contributed by atoms with Crippen LogP contribution in [0.3, 0.4) is 0 Å². The molecule has 4 bridgehead atoms. The van der Waals surface area contributed by atoms with Crippen LogP contribution < -0.4 is 10.1 Å². The summed E-state index contributed by atoms with van der Waals surface area (Å²) in [5.74, 6) is -8.68. The van der Waals surface area contributed by atoms with Crippen molar-refractivity contribution in [2.75, 3.05) is 19.2 Å². The molecule has 0 unspecified atom stereocenters. The molecule has 1 aromatic rings. The van der Waals surface area contributed by atoms with Crippen LogP contribution in [0.25, 0.3) is 5.57 Å². The van der Waals surface area contributed by atoms with E-state index in [1.54, 1.807) is 13.0 Å². The van der Waals surface area contributed by atoms with E-state index in [9.17, 15) is 49.8 Å². The van der Waals surface area contributed by atoms with Crippen LogP contribution in [-0.2, 0) is 28.6 Å². The zero-order chi connectivity index (χ0) is 41.4. The van der Waals surface area contributed by atoms with Gasteiger partial charge in [0.1, 0.15) is 28.8 Å². The highest BCUT2D eigenvalue weighted by Crippen LogP contribution is 2.53. The van der Waals surface area contributed by atoms with Crippen molar-refractivity contribution < 1.29 is 68.8 Å². The van der Waals surface area contributed by atoms with Crippen LogP contribution in [0.4, 0.5) is 5.69 Å². The Balaban J connectivity index is 2.07. The van der Waals surface area contributed by atoms with Crippen molar-refractivity contribution in [3.8, 4) is 11.5 Å². The van der Waals surface area contributed by atoms with Crippen molar-refractivity contribution in [2.24, 2.45) is 23.7 Å². The van der Waals surface area contributed by atoms with Gasteiger partial charge in [-0.3, -0.25) is 19.2 Å². The Hall–Kier alpha value is -4.80. The molecule has 15 heteroatoms. The predicted molar refractivity (Wildman–Crippen MR) is 198 cm³/mol. The first-order valence-electron chi connectivity index (χ1n) is 17.8. The number of amides is 1. The predicted octanol–water partition coefficient (Wildman–Crippen LogP) is 3.10. The summed E-state index contributed by atoms with van der Waals surface area (Å²) in [5, 5.41) is 71.8. The van der Waals surface area contributed by atoms with Crippen LogP contribution in [-0.4, -0.2) is 98.2 Å². The van der Waals surface area contributed by atoms with Gasteiger partial charge in [0.05, 0.1) is 48.3 Å². The number of ether oxygens (including phenoxy) is 4. The van der Waals surface area contributed by atoms with Crippen molar-refractivity contribution in [1.29, 1.82) is 0 Å². The van der Waals surface area contributed by atoms with Gasteiger partial charge in [0.15, 0.2) is 11.5 Å². The van der Waals surface area contributed by atoms with E-state index in [4.69, 9.17) is 18.9 Å². The number of aliphatic hydroxyl groups excluding tert-OH is 4. The first-order chi connectivity index (χ1) is 25.6. The lowest BCUT2D eigenvalue weighted by molar-refractivity contribution is -0.168. The van der Waals surface area contributed by atoms with Gasteiger partial charge >= 0.3 is 11.9 Å². The van der Waals surface area contributed by atoms with Gasteiger partial charge in [0, 0.05) is 47.0 Å². The highest BCUT2D eigenvalue weighted by Gasteiger charge is 2.47. The van der Waals surface area contributed by atoms with E-state index in [1.807, 2.05) is 0 Å². The van der Waals surface area contributed by atoms with Gasteiger partial charge in [-0.1, -0.05) is 39.0 Å². The summed E-state index contributed by atoms with van der Waals surface area (Å²) in [7, 11) is 1.06. The Kier molecular flexibility index (Phi) is 12.9. The minimum atomic E-state index is -2.17. The molecular formula is C40H51NO14. The fourth-order valence-corrected chi connectivity index (χ4v) is 7.28. The number of esters is 2. The molecule has 1 aliphatic carbocycles. The molecule has 1 aromatic carbocycles. The van der Waals surface area contributed by atoms with Crippen molar-refractivity contribution in [2.45, 2.75) is 92.3 Å². The Morgan fingerprint density at radius 1 is 0.909 bits per heavy atom. The Bertz CT molecular complexity index is 1920. The molecule has 0 saturated carbocycles. The average molecular weight is 770 g/mol. The first kappa shape index (κ1) is 42.9. The van der Waals surface area contributed by atoms with Crippen molar-refractivity contribution in [1.82, 2.24) is 0 Å². The Morgan fingerprint density at radius 2 is 1.51 bits per heavy atom. The van der Waals surface area contributed by atoms with Gasteiger partial charge in [0.2, 0.25) is 6.79 Å². The van der Waals surface area contributed by atoms with E-state index in [2.05, 4.69) is 5.32 Å². The SMILES string of the molecule is COC(=O)[C@H]1[C@H](O)[C@@H](C)[C@@H](O)[C@@](C)(O)/C=C(\C)C2=C3C(=C(C)C(=O)c4c(O)c(c(C)c(OC(C)=O)c43)NC(=O)/C(C)=C/C=C\[C@@H](C)[C@@H](O)[C@@H](C)[C@H]1O)OCO2. The summed E-state index contributed by atoms with van der Waals surface area (Å²) in [6.07, 6.45) is -0.878. The first-order valence-corrected chi connectivity index (χ1v) is 17.8. The zero-order valence-electron chi connectivity index (χ0n) is 32.6. The molecule has 9 atom stereocenters. The van der Waals surface area contributed by atoms with Crippen molar-refractivity contribution in [3.63, 3.8) is 0 Å². The number of benzene rings is 1. The third kappa shape index (κ3) is 8.12. The number of ketones is 1. The summed E-state index contributed by atoms with van der Waals surface area (Å²) >= 11 is 0. The smallest absolute Gasteiger partial charge is 0.313 e. The number of anilines is 1. The minimum absolute atomic E-state index is 0.00256. The van der Waals surface area contributed by atoms with Crippen molar-refractivity contribution in [3.05, 3.63) is 69.2 Å². The number of carbonyl (C=O) groups is 4. The summed E-state index contributed by atoms with van der Waals surface area (Å²) in [4.78, 5) is 53.0. The number of fused-ring (bicyclic) bond motifs is 14. The minimum Gasteiger partial charge on any atom is -0.505 e. The Labute approximate surface area is 319 Å².